The number of hydrogen-bond acceptors (Lipinski definition) is 3. The molecule has 1 amide bonds. The van der Waals surface area contributed by atoms with Crippen LogP contribution in [-0.2, 0) is 6.42 Å². The Labute approximate surface area is 113 Å². The first kappa shape index (κ1) is 15.2. The van der Waals surface area contributed by atoms with Crippen LogP contribution in [0.1, 0.15) is 47.8 Å². The van der Waals surface area contributed by atoms with E-state index in [9.17, 15) is 9.90 Å². The number of thiophene rings is 1. The van der Waals surface area contributed by atoms with E-state index in [2.05, 4.69) is 6.92 Å². The molecule has 0 aliphatic heterocycles. The van der Waals surface area contributed by atoms with Crippen molar-refractivity contribution in [2.24, 2.45) is 0 Å². The summed E-state index contributed by atoms with van der Waals surface area (Å²) in [5.74, 6) is 0.0208. The van der Waals surface area contributed by atoms with Gasteiger partial charge < -0.3 is 10.0 Å². The molecule has 0 aliphatic rings. The first-order valence-electron chi connectivity index (χ1n) is 6.39. The highest BCUT2D eigenvalue weighted by Gasteiger charge is 2.23. The number of likely N-dealkylation sites (N-methyl/N-ethyl adjacent to an activating group) is 1. The van der Waals surface area contributed by atoms with E-state index in [0.29, 0.717) is 13.1 Å². The predicted molar refractivity (Wildman–Crippen MR) is 76.3 cm³/mol. The van der Waals surface area contributed by atoms with Crippen LogP contribution < -0.4 is 0 Å². The summed E-state index contributed by atoms with van der Waals surface area (Å²) < 4.78 is 0. The molecule has 102 valence electrons. The summed E-state index contributed by atoms with van der Waals surface area (Å²) in [6.45, 7) is 10.5. The highest BCUT2D eigenvalue weighted by atomic mass is 32.1. The normalized spacial score (nSPS) is 11.7. The second kappa shape index (κ2) is 5.85. The third-order valence-corrected chi connectivity index (χ3v) is 4.17. The zero-order valence-corrected chi connectivity index (χ0v) is 12.7. The fourth-order valence-corrected chi connectivity index (χ4v) is 3.01. The molecule has 4 heteroatoms. The van der Waals surface area contributed by atoms with Crippen molar-refractivity contribution < 1.29 is 9.90 Å². The van der Waals surface area contributed by atoms with Crippen molar-refractivity contribution in [2.75, 3.05) is 13.1 Å². The van der Waals surface area contributed by atoms with Crippen LogP contribution in [-0.4, -0.2) is 34.6 Å². The van der Waals surface area contributed by atoms with E-state index in [1.165, 1.54) is 10.4 Å². The molecule has 1 aromatic heterocycles. The second-order valence-corrected chi connectivity index (χ2v) is 6.34. The van der Waals surface area contributed by atoms with E-state index in [1.807, 2.05) is 19.9 Å². The van der Waals surface area contributed by atoms with Crippen molar-refractivity contribution in [3.63, 3.8) is 0 Å². The third-order valence-electron chi connectivity index (χ3n) is 2.80. The van der Waals surface area contributed by atoms with E-state index in [1.54, 1.807) is 30.1 Å². The van der Waals surface area contributed by atoms with Crippen molar-refractivity contribution >= 4 is 17.2 Å². The predicted octanol–water partition coefficient (Wildman–Crippen LogP) is 2.85. The SMILES string of the molecule is CCc1sc(C(=O)N(CC)CC(C)(C)O)cc1C. The number of aryl methyl sites for hydroxylation is 2. The van der Waals surface area contributed by atoms with Crippen LogP contribution in [0.4, 0.5) is 0 Å². The summed E-state index contributed by atoms with van der Waals surface area (Å²) in [7, 11) is 0. The Morgan fingerprint density at radius 2 is 2.06 bits per heavy atom. The first-order valence-corrected chi connectivity index (χ1v) is 7.21. The van der Waals surface area contributed by atoms with Crippen LogP contribution in [0.15, 0.2) is 6.07 Å². The number of rotatable bonds is 5. The number of hydrogen-bond donors (Lipinski definition) is 1. The number of carbonyl (C=O) groups excluding carboxylic acids is 1. The zero-order valence-electron chi connectivity index (χ0n) is 11.9. The molecule has 0 fully saturated rings. The Morgan fingerprint density at radius 1 is 1.44 bits per heavy atom. The number of amides is 1. The summed E-state index contributed by atoms with van der Waals surface area (Å²) in [6.07, 6.45) is 0.960. The fraction of sp³-hybridized carbons (Fsp3) is 0.643. The van der Waals surface area contributed by atoms with Crippen LogP contribution in [0, 0.1) is 6.92 Å². The topological polar surface area (TPSA) is 40.5 Å². The van der Waals surface area contributed by atoms with Crippen LogP contribution in [0.5, 0.6) is 0 Å². The van der Waals surface area contributed by atoms with Crippen LogP contribution in [0.25, 0.3) is 0 Å². The molecule has 1 N–H and O–H groups in total. The molecule has 0 spiro atoms. The molecule has 3 nitrogen and oxygen atoms in total. The van der Waals surface area contributed by atoms with Gasteiger partial charge in [-0.25, -0.2) is 0 Å². The van der Waals surface area contributed by atoms with Gasteiger partial charge in [-0.05, 0) is 45.7 Å². The van der Waals surface area contributed by atoms with Gasteiger partial charge in [-0.1, -0.05) is 6.92 Å². The van der Waals surface area contributed by atoms with E-state index in [-0.39, 0.29) is 5.91 Å². The van der Waals surface area contributed by atoms with Crippen LogP contribution in [0.2, 0.25) is 0 Å². The second-order valence-electron chi connectivity index (χ2n) is 5.20. The van der Waals surface area contributed by atoms with E-state index < -0.39 is 5.60 Å². The van der Waals surface area contributed by atoms with E-state index in [4.69, 9.17) is 0 Å². The van der Waals surface area contributed by atoms with E-state index in [0.717, 1.165) is 11.3 Å². The lowest BCUT2D eigenvalue weighted by Crippen LogP contribution is -2.41. The van der Waals surface area contributed by atoms with Gasteiger partial charge in [0.15, 0.2) is 0 Å². The molecular formula is C14H23NO2S. The molecule has 0 saturated carbocycles. The van der Waals surface area contributed by atoms with Gasteiger partial charge in [0.25, 0.3) is 5.91 Å². The van der Waals surface area contributed by atoms with Crippen LogP contribution in [0.3, 0.4) is 0 Å². The average Bonchev–Trinajstić information content (AvgIpc) is 2.65. The molecule has 0 bridgehead atoms. The lowest BCUT2D eigenvalue weighted by molar-refractivity contribution is 0.0317. The molecule has 0 unspecified atom stereocenters. The minimum atomic E-state index is -0.856. The summed E-state index contributed by atoms with van der Waals surface area (Å²) in [5.41, 5.74) is 0.330. The maximum atomic E-state index is 12.4. The standard InChI is InChI=1S/C14H23NO2S/c1-6-11-10(3)8-12(18-11)13(16)15(7-2)9-14(4,5)17/h8,17H,6-7,9H2,1-5H3. The maximum Gasteiger partial charge on any atom is 0.264 e. The summed E-state index contributed by atoms with van der Waals surface area (Å²) in [6, 6.07) is 1.96. The molecule has 0 radical (unpaired) electrons. The Balaban J connectivity index is 2.89. The summed E-state index contributed by atoms with van der Waals surface area (Å²) in [4.78, 5) is 16.1. The van der Waals surface area contributed by atoms with Gasteiger partial charge in [-0.3, -0.25) is 4.79 Å². The Kier molecular flexibility index (Phi) is 4.93. The summed E-state index contributed by atoms with van der Waals surface area (Å²) in [5, 5.41) is 9.83. The lowest BCUT2D eigenvalue weighted by atomic mass is 10.1. The van der Waals surface area contributed by atoms with Crippen molar-refractivity contribution in [2.45, 2.75) is 46.6 Å². The van der Waals surface area contributed by atoms with Gasteiger partial charge in [0.1, 0.15) is 0 Å². The van der Waals surface area contributed by atoms with Gasteiger partial charge in [-0.2, -0.15) is 0 Å². The average molecular weight is 269 g/mol. The molecule has 1 heterocycles. The molecule has 1 rings (SSSR count). The summed E-state index contributed by atoms with van der Waals surface area (Å²) >= 11 is 1.56. The monoisotopic (exact) mass is 269 g/mol. The van der Waals surface area contributed by atoms with Gasteiger partial charge in [0.2, 0.25) is 0 Å². The smallest absolute Gasteiger partial charge is 0.264 e. The first-order chi connectivity index (χ1) is 8.28. The molecular weight excluding hydrogens is 246 g/mol. The quantitative estimate of drug-likeness (QED) is 0.893. The van der Waals surface area contributed by atoms with Gasteiger partial charge >= 0.3 is 0 Å². The molecule has 0 atom stereocenters. The number of carbonyl (C=O) groups is 1. The molecule has 0 aliphatic carbocycles. The zero-order chi connectivity index (χ0) is 13.9. The largest absolute Gasteiger partial charge is 0.389 e. The van der Waals surface area contributed by atoms with Crippen molar-refractivity contribution in [3.8, 4) is 0 Å². The highest BCUT2D eigenvalue weighted by molar-refractivity contribution is 7.14. The van der Waals surface area contributed by atoms with Crippen molar-refractivity contribution in [3.05, 3.63) is 21.4 Å². The number of nitrogens with zero attached hydrogens (tertiary/aromatic N) is 1. The third kappa shape index (κ3) is 3.82. The van der Waals surface area contributed by atoms with Crippen molar-refractivity contribution in [1.82, 2.24) is 4.90 Å². The maximum absolute atomic E-state index is 12.4. The minimum Gasteiger partial charge on any atom is -0.389 e. The highest BCUT2D eigenvalue weighted by Crippen LogP contribution is 2.24. The Bertz CT molecular complexity index is 418. The van der Waals surface area contributed by atoms with Gasteiger partial charge in [0.05, 0.1) is 10.5 Å². The van der Waals surface area contributed by atoms with E-state index >= 15 is 0 Å². The molecule has 18 heavy (non-hydrogen) atoms. The Hall–Kier alpha value is -0.870. The Morgan fingerprint density at radius 3 is 2.44 bits per heavy atom. The molecule has 1 aromatic rings. The molecule has 0 aromatic carbocycles. The van der Waals surface area contributed by atoms with Crippen LogP contribution >= 0.6 is 11.3 Å². The lowest BCUT2D eigenvalue weighted by Gasteiger charge is -2.27. The van der Waals surface area contributed by atoms with Crippen molar-refractivity contribution in [1.29, 1.82) is 0 Å². The molecule has 0 saturated heterocycles. The fourth-order valence-electron chi connectivity index (χ4n) is 1.93. The van der Waals surface area contributed by atoms with Gasteiger partial charge in [-0.15, -0.1) is 11.3 Å². The van der Waals surface area contributed by atoms with Gasteiger partial charge in [0, 0.05) is 18.0 Å². The minimum absolute atomic E-state index is 0.0208. The number of aliphatic hydroxyl groups is 1.